The fourth-order valence-corrected chi connectivity index (χ4v) is 5.97. The van der Waals surface area contributed by atoms with E-state index in [1.54, 1.807) is 0 Å². The van der Waals surface area contributed by atoms with Crippen molar-refractivity contribution >= 4 is 10.9 Å². The number of hydrogen-bond donors (Lipinski definition) is 1. The second-order valence-electron chi connectivity index (χ2n) is 7.27. The van der Waals surface area contributed by atoms with Gasteiger partial charge in [0, 0.05) is 12.1 Å². The highest BCUT2D eigenvalue weighted by Gasteiger charge is 2.40. The minimum absolute atomic E-state index is 0.0157. The number of hydrogen-bond acceptors (Lipinski definition) is 3. The molecule has 144 valence electrons. The predicted molar refractivity (Wildman–Crippen MR) is 113 cm³/mol. The van der Waals surface area contributed by atoms with Crippen LogP contribution in [-0.4, -0.2) is 18.3 Å². The summed E-state index contributed by atoms with van der Waals surface area (Å²) >= 11 is 0. The lowest BCUT2D eigenvalue weighted by Crippen LogP contribution is -2.14. The maximum atomic E-state index is 9.09. The summed E-state index contributed by atoms with van der Waals surface area (Å²) < 4.78 is 12.0. The van der Waals surface area contributed by atoms with E-state index in [0.717, 1.165) is 28.4 Å². The Morgan fingerprint density at radius 3 is 1.86 bits per heavy atom. The Kier molecular flexibility index (Phi) is 5.09. The average Bonchev–Trinajstić information content (AvgIpc) is 2.65. The van der Waals surface area contributed by atoms with E-state index in [-0.39, 0.29) is 17.5 Å². The highest BCUT2D eigenvalue weighted by atomic mass is 32.2. The number of ether oxygens (including phenoxy) is 2. The highest BCUT2D eigenvalue weighted by Crippen LogP contribution is 2.48. The van der Waals surface area contributed by atoms with Gasteiger partial charge in [-0.2, -0.15) is 0 Å². The molecule has 1 aliphatic heterocycles. The van der Waals surface area contributed by atoms with Gasteiger partial charge < -0.3 is 14.6 Å². The zero-order chi connectivity index (χ0) is 19.8. The topological polar surface area (TPSA) is 38.7 Å². The summed E-state index contributed by atoms with van der Waals surface area (Å²) in [7, 11) is -0.239. The van der Waals surface area contributed by atoms with Crippen LogP contribution in [-0.2, 0) is 10.9 Å². The van der Waals surface area contributed by atoms with Crippen molar-refractivity contribution in [3.63, 3.8) is 0 Å². The van der Waals surface area contributed by atoms with Crippen LogP contribution >= 0.6 is 0 Å². The van der Waals surface area contributed by atoms with Gasteiger partial charge in [0.1, 0.15) is 23.3 Å². The molecule has 0 aliphatic carbocycles. The van der Waals surface area contributed by atoms with E-state index in [9.17, 15) is 0 Å². The Morgan fingerprint density at radius 2 is 1.36 bits per heavy atom. The van der Waals surface area contributed by atoms with Crippen LogP contribution in [0.4, 0.5) is 0 Å². The second kappa shape index (κ2) is 7.53. The molecule has 3 aromatic carbocycles. The molecule has 0 atom stereocenters. The third-order valence-corrected chi connectivity index (χ3v) is 7.13. The van der Waals surface area contributed by atoms with E-state index < -0.39 is 0 Å². The smallest absolute Gasteiger partial charge is 0.209 e. The molecular weight excluding hydrogens is 368 g/mol. The minimum atomic E-state index is -0.239. The molecule has 0 fully saturated rings. The summed E-state index contributed by atoms with van der Waals surface area (Å²) in [6.45, 7) is 8.65. The molecule has 3 nitrogen and oxygen atoms in total. The monoisotopic (exact) mass is 393 g/mol. The van der Waals surface area contributed by atoms with Gasteiger partial charge in [0.15, 0.2) is 16.4 Å². The lowest BCUT2D eigenvalue weighted by Gasteiger charge is -2.21. The molecule has 0 unspecified atom stereocenters. The van der Waals surface area contributed by atoms with Crippen LogP contribution in [0.1, 0.15) is 22.3 Å². The largest absolute Gasteiger partial charge is 0.491 e. The van der Waals surface area contributed by atoms with E-state index in [1.165, 1.54) is 25.8 Å². The van der Waals surface area contributed by atoms with Gasteiger partial charge in [-0.05, 0) is 74.2 Å². The van der Waals surface area contributed by atoms with Crippen LogP contribution in [0.3, 0.4) is 0 Å². The Labute approximate surface area is 169 Å². The predicted octanol–water partition coefficient (Wildman–Crippen LogP) is 5.49. The summed E-state index contributed by atoms with van der Waals surface area (Å²) in [4.78, 5) is 3.68. The van der Waals surface area contributed by atoms with Gasteiger partial charge in [-0.3, -0.25) is 0 Å². The van der Waals surface area contributed by atoms with Crippen molar-refractivity contribution in [1.29, 1.82) is 0 Å². The molecule has 1 N–H and O–H groups in total. The van der Waals surface area contributed by atoms with Gasteiger partial charge >= 0.3 is 0 Å². The first-order chi connectivity index (χ1) is 13.5. The van der Waals surface area contributed by atoms with Gasteiger partial charge in [0.25, 0.3) is 0 Å². The summed E-state index contributed by atoms with van der Waals surface area (Å²) in [6.07, 6.45) is 0. The van der Waals surface area contributed by atoms with E-state index in [0.29, 0.717) is 6.61 Å². The number of fused-ring (bicyclic) bond motifs is 2. The minimum Gasteiger partial charge on any atom is -0.491 e. The molecule has 28 heavy (non-hydrogen) atoms. The molecule has 0 spiro atoms. The van der Waals surface area contributed by atoms with E-state index in [2.05, 4.69) is 76.2 Å². The fourth-order valence-electron chi connectivity index (χ4n) is 3.62. The van der Waals surface area contributed by atoms with Crippen molar-refractivity contribution in [2.45, 2.75) is 42.4 Å². The molecule has 0 saturated carbocycles. The maximum absolute atomic E-state index is 9.09. The third-order valence-electron chi connectivity index (χ3n) is 4.87. The fraction of sp³-hybridized carbons (Fsp3) is 0.250. The maximum Gasteiger partial charge on any atom is 0.209 e. The number of rotatable bonds is 4. The highest BCUT2D eigenvalue weighted by molar-refractivity contribution is 7.97. The van der Waals surface area contributed by atoms with Crippen LogP contribution in [0.5, 0.6) is 17.2 Å². The Bertz CT molecular complexity index is 968. The van der Waals surface area contributed by atoms with Gasteiger partial charge in [-0.25, -0.2) is 0 Å². The first-order valence-electron chi connectivity index (χ1n) is 9.46. The van der Waals surface area contributed by atoms with Crippen LogP contribution in [0.25, 0.3) is 0 Å². The summed E-state index contributed by atoms with van der Waals surface area (Å²) in [5.41, 5.74) is 4.56. The Hall–Kier alpha value is -2.43. The average molecular weight is 394 g/mol. The van der Waals surface area contributed by atoms with Gasteiger partial charge in [-0.15, -0.1) is 0 Å². The van der Waals surface area contributed by atoms with E-state index in [1.807, 2.05) is 0 Å². The Balaban J connectivity index is 1.88. The summed E-state index contributed by atoms with van der Waals surface area (Å²) in [6, 6.07) is 17.4. The van der Waals surface area contributed by atoms with Crippen LogP contribution < -0.4 is 9.47 Å². The molecule has 0 aromatic heterocycles. The normalized spacial score (nSPS) is 12.9. The number of benzene rings is 3. The molecule has 4 rings (SSSR count). The number of aliphatic hydroxyl groups excluding tert-OH is 1. The quantitative estimate of drug-likeness (QED) is 0.466. The first-order valence-corrected chi connectivity index (χ1v) is 10.7. The van der Waals surface area contributed by atoms with Crippen molar-refractivity contribution in [3.8, 4) is 17.2 Å². The molecule has 0 amide bonds. The van der Waals surface area contributed by atoms with Crippen molar-refractivity contribution < 1.29 is 14.6 Å². The molecule has 4 heteroatoms. The zero-order valence-electron chi connectivity index (χ0n) is 16.7. The molecule has 1 heterocycles. The second-order valence-corrected chi connectivity index (χ2v) is 9.23. The molecule has 0 bridgehead atoms. The molecule has 0 saturated heterocycles. The lowest BCUT2D eigenvalue weighted by atomic mass is 10.1. The number of aryl methyl sites for hydroxylation is 4. The van der Waals surface area contributed by atoms with E-state index in [4.69, 9.17) is 14.6 Å². The molecular formula is C24H25O3S+. The van der Waals surface area contributed by atoms with Crippen LogP contribution in [0, 0.1) is 27.7 Å². The van der Waals surface area contributed by atoms with Crippen molar-refractivity contribution in [3.05, 3.63) is 70.8 Å². The van der Waals surface area contributed by atoms with Gasteiger partial charge in [0.05, 0.1) is 6.61 Å². The zero-order valence-corrected chi connectivity index (χ0v) is 17.5. The number of aliphatic hydroxyl groups is 1. The van der Waals surface area contributed by atoms with Crippen LogP contribution in [0.15, 0.2) is 63.2 Å². The SMILES string of the molecule is Cc1ccc2c(c1)Oc1cc(C)ccc1[S+]2c1cc(C)c(OCCO)c(C)c1. The van der Waals surface area contributed by atoms with Gasteiger partial charge in [0.2, 0.25) is 9.79 Å². The third kappa shape index (κ3) is 3.38. The van der Waals surface area contributed by atoms with Gasteiger partial charge in [-0.1, -0.05) is 12.1 Å². The standard InChI is InChI=1S/C24H25O3S/c1-15-5-7-22-20(11-15)27-21-12-16(2)6-8-23(21)28(22)19-13-17(3)24(18(4)14-19)26-10-9-25/h5-8,11-14,25H,9-10H2,1-4H3/q+1. The van der Waals surface area contributed by atoms with Crippen molar-refractivity contribution in [2.75, 3.05) is 13.2 Å². The lowest BCUT2D eigenvalue weighted by molar-refractivity contribution is 0.200. The first kappa shape index (κ1) is 18.9. The van der Waals surface area contributed by atoms with Crippen molar-refractivity contribution in [2.24, 2.45) is 0 Å². The van der Waals surface area contributed by atoms with Crippen LogP contribution in [0.2, 0.25) is 0 Å². The molecule has 3 aromatic rings. The molecule has 1 aliphatic rings. The van der Waals surface area contributed by atoms with Crippen molar-refractivity contribution in [1.82, 2.24) is 0 Å². The van der Waals surface area contributed by atoms with E-state index >= 15 is 0 Å². The summed E-state index contributed by atoms with van der Waals surface area (Å²) in [5.74, 6) is 2.75. The molecule has 0 radical (unpaired) electrons. The Morgan fingerprint density at radius 1 is 0.821 bits per heavy atom. The summed E-state index contributed by atoms with van der Waals surface area (Å²) in [5, 5.41) is 9.09.